The van der Waals surface area contributed by atoms with Gasteiger partial charge in [-0.2, -0.15) is 0 Å². The van der Waals surface area contributed by atoms with E-state index < -0.39 is 24.2 Å². The summed E-state index contributed by atoms with van der Waals surface area (Å²) in [7, 11) is 3.26. The van der Waals surface area contributed by atoms with Gasteiger partial charge in [0, 0.05) is 26.3 Å². The Morgan fingerprint density at radius 2 is 1.02 bits per heavy atom. The lowest BCUT2D eigenvalue weighted by atomic mass is 10.00. The van der Waals surface area contributed by atoms with Crippen molar-refractivity contribution in [2.24, 2.45) is 0 Å². The SMILES string of the molecule is CCCCN[C@@H](CC(=O)OCC)[C@H]1O[C@@H]2OC(C)(C)O[C@@H]2[C@H]1OC.CCCCN[C@H](CC(=O)OCC)[C@H]1O[C@@H]2OC(C)(C)O[C@@H]2[C@H]1OC. The number of methoxy groups -OCH3 is 2. The third kappa shape index (κ3) is 11.3. The highest BCUT2D eigenvalue weighted by atomic mass is 16.9. The molecule has 4 fully saturated rings. The van der Waals surface area contributed by atoms with Gasteiger partial charge in [-0.25, -0.2) is 0 Å². The molecule has 0 aliphatic carbocycles. The largest absolute Gasteiger partial charge is 0.466 e. The lowest BCUT2D eigenvalue weighted by Gasteiger charge is -2.30. The van der Waals surface area contributed by atoms with E-state index in [0.29, 0.717) is 13.2 Å². The summed E-state index contributed by atoms with van der Waals surface area (Å²) < 4.78 is 57.0. The van der Waals surface area contributed by atoms with Gasteiger partial charge in [-0.3, -0.25) is 9.59 Å². The maximum absolute atomic E-state index is 12.0. The number of fused-ring (bicyclic) bond motifs is 2. The molecule has 14 nitrogen and oxygen atoms in total. The topological polar surface area (TPSA) is 150 Å². The number of unbranched alkanes of at least 4 members (excludes halogenated alkanes) is 2. The summed E-state index contributed by atoms with van der Waals surface area (Å²) in [5.74, 6) is -1.87. The van der Waals surface area contributed by atoms with Gasteiger partial charge in [-0.05, 0) is 67.5 Å². The quantitative estimate of drug-likeness (QED) is 0.160. The van der Waals surface area contributed by atoms with E-state index in [9.17, 15) is 9.59 Å². The van der Waals surface area contributed by atoms with Gasteiger partial charge in [0.05, 0.1) is 26.1 Å². The molecule has 0 radical (unpaired) electrons. The first-order chi connectivity index (χ1) is 22.8. The molecule has 0 spiro atoms. The molecule has 0 amide bonds. The molecular formula is C34H62N2O12. The van der Waals surface area contributed by atoms with Gasteiger partial charge in [0.25, 0.3) is 0 Å². The van der Waals surface area contributed by atoms with Crippen LogP contribution in [0.4, 0.5) is 0 Å². The monoisotopic (exact) mass is 690 g/mol. The van der Waals surface area contributed by atoms with Gasteiger partial charge in [-0.1, -0.05) is 26.7 Å². The number of carbonyl (C=O) groups excluding carboxylic acids is 2. The fraction of sp³-hybridized carbons (Fsp3) is 0.941. The van der Waals surface area contributed by atoms with Crippen molar-refractivity contribution in [3.63, 3.8) is 0 Å². The van der Waals surface area contributed by atoms with Gasteiger partial charge < -0.3 is 58.0 Å². The molecule has 0 bridgehead atoms. The Labute approximate surface area is 286 Å². The molecule has 4 rings (SSSR count). The van der Waals surface area contributed by atoms with E-state index in [1.165, 1.54) is 0 Å². The number of esters is 2. The molecule has 0 aromatic carbocycles. The molecule has 4 saturated heterocycles. The molecule has 0 unspecified atom stereocenters. The van der Waals surface area contributed by atoms with Gasteiger partial charge in [0.15, 0.2) is 24.2 Å². The van der Waals surface area contributed by atoms with Crippen molar-refractivity contribution in [2.45, 2.75) is 167 Å². The normalized spacial score (nSPS) is 32.5. The van der Waals surface area contributed by atoms with Crippen LogP contribution in [0.5, 0.6) is 0 Å². The second-order valence-electron chi connectivity index (χ2n) is 13.4. The number of hydrogen-bond acceptors (Lipinski definition) is 14. The third-order valence-electron chi connectivity index (χ3n) is 8.65. The molecule has 4 aliphatic rings. The lowest BCUT2D eigenvalue weighted by Crippen LogP contribution is -2.49. The number of nitrogens with one attached hydrogen (secondary N) is 2. The second-order valence-corrected chi connectivity index (χ2v) is 13.4. The smallest absolute Gasteiger partial charge is 0.307 e. The Bertz CT molecular complexity index is 908. The molecule has 0 aromatic heterocycles. The number of ether oxygens (including phenoxy) is 10. The van der Waals surface area contributed by atoms with Crippen LogP contribution in [0.15, 0.2) is 0 Å². The summed E-state index contributed by atoms with van der Waals surface area (Å²) in [6.07, 6.45) is 1.83. The molecule has 4 aliphatic heterocycles. The van der Waals surface area contributed by atoms with E-state index in [1.54, 1.807) is 28.1 Å². The van der Waals surface area contributed by atoms with E-state index >= 15 is 0 Å². The van der Waals surface area contributed by atoms with Crippen LogP contribution in [-0.2, 0) is 57.0 Å². The zero-order valence-corrected chi connectivity index (χ0v) is 30.7. The average molecular weight is 691 g/mol. The summed E-state index contributed by atoms with van der Waals surface area (Å²) in [4.78, 5) is 23.9. The number of hydrogen-bond donors (Lipinski definition) is 2. The number of rotatable bonds is 18. The maximum atomic E-state index is 12.0. The van der Waals surface area contributed by atoms with E-state index in [-0.39, 0.29) is 73.5 Å². The van der Waals surface area contributed by atoms with Crippen LogP contribution in [0.1, 0.15) is 93.9 Å². The van der Waals surface area contributed by atoms with Crippen LogP contribution >= 0.6 is 0 Å². The highest BCUT2D eigenvalue weighted by molar-refractivity contribution is 5.70. The first-order valence-corrected chi connectivity index (χ1v) is 17.7. The average Bonchev–Trinajstić information content (AvgIpc) is 3.70. The fourth-order valence-electron chi connectivity index (χ4n) is 6.53. The Balaban J connectivity index is 0.000000260. The minimum atomic E-state index is -0.691. The van der Waals surface area contributed by atoms with Crippen molar-refractivity contribution in [3.05, 3.63) is 0 Å². The van der Waals surface area contributed by atoms with Crippen molar-refractivity contribution in [3.8, 4) is 0 Å². The van der Waals surface area contributed by atoms with Crippen LogP contribution < -0.4 is 10.6 Å². The molecule has 0 aromatic rings. The van der Waals surface area contributed by atoms with Gasteiger partial charge >= 0.3 is 11.9 Å². The van der Waals surface area contributed by atoms with Crippen molar-refractivity contribution < 1.29 is 57.0 Å². The predicted octanol–water partition coefficient (Wildman–Crippen LogP) is 3.18. The Kier molecular flexibility index (Phi) is 16.4. The van der Waals surface area contributed by atoms with E-state index in [0.717, 1.165) is 38.8 Å². The number of carbonyl (C=O) groups is 2. The summed E-state index contributed by atoms with van der Waals surface area (Å²) >= 11 is 0. The van der Waals surface area contributed by atoms with Crippen LogP contribution in [0.3, 0.4) is 0 Å². The molecule has 10 atom stereocenters. The summed E-state index contributed by atoms with van der Waals surface area (Å²) in [5, 5.41) is 6.82. The maximum Gasteiger partial charge on any atom is 0.307 e. The molecular weight excluding hydrogens is 628 g/mol. The van der Waals surface area contributed by atoms with Gasteiger partial charge in [-0.15, -0.1) is 0 Å². The van der Waals surface area contributed by atoms with Crippen molar-refractivity contribution in [2.75, 3.05) is 40.5 Å². The molecule has 4 heterocycles. The van der Waals surface area contributed by atoms with E-state index in [1.807, 2.05) is 27.7 Å². The van der Waals surface area contributed by atoms with Crippen molar-refractivity contribution >= 4 is 11.9 Å². The third-order valence-corrected chi connectivity index (χ3v) is 8.65. The molecule has 2 N–H and O–H groups in total. The zero-order valence-electron chi connectivity index (χ0n) is 30.7. The predicted molar refractivity (Wildman–Crippen MR) is 175 cm³/mol. The van der Waals surface area contributed by atoms with Gasteiger partial charge in [0.2, 0.25) is 0 Å². The van der Waals surface area contributed by atoms with Crippen LogP contribution in [-0.4, -0.2) is 125 Å². The minimum absolute atomic E-state index is 0.207. The zero-order chi connectivity index (χ0) is 35.5. The van der Waals surface area contributed by atoms with Gasteiger partial charge in [0.1, 0.15) is 36.6 Å². The second kappa shape index (κ2) is 19.2. The summed E-state index contributed by atoms with van der Waals surface area (Å²) in [5.41, 5.74) is 0. The molecule has 14 heteroatoms. The molecule has 48 heavy (non-hydrogen) atoms. The Morgan fingerprint density at radius 3 is 1.33 bits per heavy atom. The Morgan fingerprint density at radius 1 is 0.646 bits per heavy atom. The van der Waals surface area contributed by atoms with Crippen LogP contribution in [0.25, 0.3) is 0 Å². The standard InChI is InChI=1S/2C17H31NO6/c2*1-6-8-9-18-11(10-12(19)21-7-2)13-14(20-5)15-16(22-13)24-17(3,4)23-15/h2*11,13-16,18H,6-10H2,1-5H3/t11-,13+,14-,15+,16+;11-,13-,14+,15-,16-/m01/s1. The fourth-order valence-corrected chi connectivity index (χ4v) is 6.53. The van der Waals surface area contributed by atoms with E-state index in [2.05, 4.69) is 24.5 Å². The highest BCUT2D eigenvalue weighted by Gasteiger charge is 2.58. The van der Waals surface area contributed by atoms with Crippen molar-refractivity contribution in [1.29, 1.82) is 0 Å². The summed E-state index contributed by atoms with van der Waals surface area (Å²) in [6, 6.07) is -0.414. The first kappa shape index (κ1) is 41.0. The summed E-state index contributed by atoms with van der Waals surface area (Å²) in [6.45, 7) is 17.6. The van der Waals surface area contributed by atoms with Crippen molar-refractivity contribution in [1.82, 2.24) is 10.6 Å². The minimum Gasteiger partial charge on any atom is -0.466 e. The Hall–Kier alpha value is -1.46. The highest BCUT2D eigenvalue weighted by Crippen LogP contribution is 2.41. The first-order valence-electron chi connectivity index (χ1n) is 17.7. The van der Waals surface area contributed by atoms with Crippen LogP contribution in [0.2, 0.25) is 0 Å². The molecule has 0 saturated carbocycles. The molecule has 280 valence electrons. The van der Waals surface area contributed by atoms with Crippen LogP contribution in [0, 0.1) is 0 Å². The van der Waals surface area contributed by atoms with E-state index in [4.69, 9.17) is 47.4 Å². The lowest BCUT2D eigenvalue weighted by molar-refractivity contribution is -0.220.